The first-order valence-corrected chi connectivity index (χ1v) is 9.64. The number of nitrogens with one attached hydrogen (secondary N) is 1. The summed E-state index contributed by atoms with van der Waals surface area (Å²) in [5, 5.41) is 42.4. The number of aliphatic hydroxyl groups excluding tert-OH is 3. The highest BCUT2D eigenvalue weighted by molar-refractivity contribution is 5.57. The fourth-order valence-electron chi connectivity index (χ4n) is 3.60. The van der Waals surface area contributed by atoms with Crippen molar-refractivity contribution in [3.05, 3.63) is 72.2 Å². The van der Waals surface area contributed by atoms with Crippen LogP contribution in [0.4, 0.5) is 4.39 Å². The van der Waals surface area contributed by atoms with Crippen LogP contribution in [0.2, 0.25) is 0 Å². The molecule has 0 saturated carbocycles. The quantitative estimate of drug-likeness (QED) is 0.473. The van der Waals surface area contributed by atoms with E-state index in [9.17, 15) is 19.7 Å². The number of aromatic nitrogens is 3. The van der Waals surface area contributed by atoms with E-state index in [4.69, 9.17) is 4.74 Å². The number of aliphatic hydroxyl groups is 3. The molecule has 4 rings (SSSR count). The molecular weight excluding hydrogens is 391 g/mol. The van der Waals surface area contributed by atoms with Gasteiger partial charge in [-0.15, -0.1) is 5.10 Å². The predicted molar refractivity (Wildman–Crippen MR) is 105 cm³/mol. The fraction of sp³-hybridized carbons (Fsp3) is 0.333. The van der Waals surface area contributed by atoms with Crippen molar-refractivity contribution >= 4 is 0 Å². The first-order chi connectivity index (χ1) is 14.6. The van der Waals surface area contributed by atoms with E-state index in [-0.39, 0.29) is 0 Å². The van der Waals surface area contributed by atoms with Crippen molar-refractivity contribution in [1.82, 2.24) is 20.3 Å². The summed E-state index contributed by atoms with van der Waals surface area (Å²) in [4.78, 5) is 0. The zero-order valence-electron chi connectivity index (χ0n) is 16.0. The molecule has 2 heterocycles. The van der Waals surface area contributed by atoms with Gasteiger partial charge in [-0.05, 0) is 17.7 Å². The smallest absolute Gasteiger partial charge is 0.137 e. The van der Waals surface area contributed by atoms with Crippen LogP contribution in [-0.4, -0.2) is 61.5 Å². The lowest BCUT2D eigenvalue weighted by atomic mass is 9.95. The van der Waals surface area contributed by atoms with Gasteiger partial charge in [-0.2, -0.15) is 0 Å². The van der Waals surface area contributed by atoms with E-state index in [2.05, 4.69) is 15.6 Å². The lowest BCUT2D eigenvalue weighted by Gasteiger charge is -2.42. The number of ether oxygens (including phenoxy) is 1. The molecule has 3 unspecified atom stereocenters. The van der Waals surface area contributed by atoms with Crippen LogP contribution in [0.1, 0.15) is 11.6 Å². The molecule has 1 fully saturated rings. The number of nitrogens with zero attached hydrogens (tertiary/aromatic N) is 3. The van der Waals surface area contributed by atoms with Crippen molar-refractivity contribution in [3.63, 3.8) is 0 Å². The van der Waals surface area contributed by atoms with Crippen molar-refractivity contribution in [1.29, 1.82) is 0 Å². The molecule has 158 valence electrons. The molecule has 1 aliphatic rings. The maximum atomic E-state index is 13.5. The number of hydrogen-bond acceptors (Lipinski definition) is 7. The third-order valence-electron chi connectivity index (χ3n) is 5.18. The monoisotopic (exact) mass is 414 g/mol. The molecule has 1 saturated heterocycles. The zero-order chi connectivity index (χ0) is 21.1. The maximum Gasteiger partial charge on any atom is 0.137 e. The second-order valence-electron chi connectivity index (χ2n) is 7.21. The van der Waals surface area contributed by atoms with Crippen LogP contribution < -0.4 is 5.32 Å². The van der Waals surface area contributed by atoms with E-state index in [0.29, 0.717) is 17.8 Å². The Morgan fingerprint density at radius 3 is 2.60 bits per heavy atom. The molecule has 3 aromatic rings. The molecule has 0 amide bonds. The largest absolute Gasteiger partial charge is 0.394 e. The molecular formula is C21H23FN4O4. The van der Waals surface area contributed by atoms with Crippen LogP contribution in [0.3, 0.4) is 0 Å². The highest BCUT2D eigenvalue weighted by Crippen LogP contribution is 2.30. The van der Waals surface area contributed by atoms with Crippen molar-refractivity contribution in [2.24, 2.45) is 0 Å². The summed E-state index contributed by atoms with van der Waals surface area (Å²) < 4.78 is 20.5. The summed E-state index contributed by atoms with van der Waals surface area (Å²) in [6.07, 6.45) is -2.64. The van der Waals surface area contributed by atoms with Gasteiger partial charge < -0.3 is 20.1 Å². The summed E-state index contributed by atoms with van der Waals surface area (Å²) in [7, 11) is 0. The average molecular weight is 414 g/mol. The van der Waals surface area contributed by atoms with Crippen LogP contribution in [-0.2, 0) is 11.3 Å². The lowest BCUT2D eigenvalue weighted by molar-refractivity contribution is -0.214. The topological polar surface area (TPSA) is 113 Å². The number of benzene rings is 2. The van der Waals surface area contributed by atoms with Gasteiger partial charge in [0.2, 0.25) is 0 Å². The van der Waals surface area contributed by atoms with Crippen LogP contribution in [0.15, 0.2) is 60.8 Å². The van der Waals surface area contributed by atoms with Crippen molar-refractivity contribution in [2.75, 3.05) is 6.61 Å². The Labute approximate surface area is 172 Å². The van der Waals surface area contributed by atoms with Gasteiger partial charge in [0.05, 0.1) is 12.8 Å². The third kappa shape index (κ3) is 4.25. The zero-order valence-corrected chi connectivity index (χ0v) is 16.0. The number of rotatable bonds is 6. The molecule has 9 heteroatoms. The van der Waals surface area contributed by atoms with Crippen molar-refractivity contribution < 1.29 is 24.4 Å². The molecule has 2 aromatic carbocycles. The third-order valence-corrected chi connectivity index (χ3v) is 5.18. The summed E-state index contributed by atoms with van der Waals surface area (Å²) in [5.41, 5.74) is 1.91. The van der Waals surface area contributed by atoms with Gasteiger partial charge in [0, 0.05) is 12.1 Å². The van der Waals surface area contributed by atoms with E-state index in [1.165, 1.54) is 23.0 Å². The number of hydrogen-bond donors (Lipinski definition) is 4. The molecule has 0 aliphatic carbocycles. The van der Waals surface area contributed by atoms with Gasteiger partial charge in [0.1, 0.15) is 42.1 Å². The van der Waals surface area contributed by atoms with Crippen LogP contribution in [0.25, 0.3) is 11.3 Å². The Hall–Kier alpha value is -2.69. The van der Waals surface area contributed by atoms with Crippen LogP contribution >= 0.6 is 0 Å². The SMILES string of the molecule is OCC1O[C@@H](NCc2ccccc2)C(O)C(n2cc(-c3cccc(F)c3)nn2)[C@H]1O. The van der Waals surface area contributed by atoms with Gasteiger partial charge in [-0.1, -0.05) is 47.7 Å². The Balaban J connectivity index is 1.56. The number of halogens is 1. The van der Waals surface area contributed by atoms with Gasteiger partial charge in [0.25, 0.3) is 0 Å². The fourth-order valence-corrected chi connectivity index (χ4v) is 3.60. The second-order valence-corrected chi connectivity index (χ2v) is 7.21. The minimum absolute atomic E-state index is 0.398. The van der Waals surface area contributed by atoms with Gasteiger partial charge in [-0.3, -0.25) is 5.32 Å². The molecule has 0 bridgehead atoms. The maximum absolute atomic E-state index is 13.5. The standard InChI is InChI=1S/C21H23FN4O4/c22-15-8-4-7-14(9-15)16-11-26(25-24-16)18-19(28)17(12-27)30-21(20(18)29)23-10-13-5-2-1-3-6-13/h1-9,11,17-21,23,27-29H,10,12H2/t17?,18?,19-,20?,21+/m0/s1. The molecule has 5 atom stereocenters. The summed E-state index contributed by atoms with van der Waals surface area (Å²) >= 11 is 0. The molecule has 0 spiro atoms. The highest BCUT2D eigenvalue weighted by atomic mass is 19.1. The van der Waals surface area contributed by atoms with E-state index >= 15 is 0 Å². The van der Waals surface area contributed by atoms with Crippen molar-refractivity contribution in [3.8, 4) is 11.3 Å². The molecule has 1 aromatic heterocycles. The van der Waals surface area contributed by atoms with Crippen LogP contribution in [0, 0.1) is 5.82 Å². The molecule has 0 radical (unpaired) electrons. The van der Waals surface area contributed by atoms with E-state index in [1.54, 1.807) is 12.1 Å². The Morgan fingerprint density at radius 1 is 1.07 bits per heavy atom. The first-order valence-electron chi connectivity index (χ1n) is 9.64. The Morgan fingerprint density at radius 2 is 1.87 bits per heavy atom. The predicted octanol–water partition coefficient (Wildman–Crippen LogP) is 0.854. The van der Waals surface area contributed by atoms with E-state index in [1.807, 2.05) is 30.3 Å². The molecule has 30 heavy (non-hydrogen) atoms. The molecule has 8 nitrogen and oxygen atoms in total. The minimum Gasteiger partial charge on any atom is -0.394 e. The van der Waals surface area contributed by atoms with Gasteiger partial charge in [-0.25, -0.2) is 9.07 Å². The summed E-state index contributed by atoms with van der Waals surface area (Å²) in [5.74, 6) is -0.404. The van der Waals surface area contributed by atoms with Crippen molar-refractivity contribution in [2.45, 2.75) is 37.1 Å². The van der Waals surface area contributed by atoms with Crippen LogP contribution in [0.5, 0.6) is 0 Å². The highest BCUT2D eigenvalue weighted by Gasteiger charge is 2.45. The minimum atomic E-state index is -1.22. The Bertz CT molecular complexity index is 970. The molecule has 4 N–H and O–H groups in total. The second kappa shape index (κ2) is 8.99. The first kappa shape index (κ1) is 20.6. The van der Waals surface area contributed by atoms with Gasteiger partial charge >= 0.3 is 0 Å². The Kier molecular flexibility index (Phi) is 6.16. The van der Waals surface area contributed by atoms with E-state index in [0.717, 1.165) is 5.56 Å². The van der Waals surface area contributed by atoms with E-state index < -0.39 is 43.0 Å². The van der Waals surface area contributed by atoms with Gasteiger partial charge in [0.15, 0.2) is 0 Å². The lowest BCUT2D eigenvalue weighted by Crippen LogP contribution is -2.60. The summed E-state index contributed by atoms with van der Waals surface area (Å²) in [6.45, 7) is -0.00517. The molecule has 1 aliphatic heterocycles. The average Bonchev–Trinajstić information content (AvgIpc) is 3.24. The normalized spacial score (nSPS) is 26.6. The summed E-state index contributed by atoms with van der Waals surface area (Å²) in [6, 6.07) is 14.6.